The number of hydrogen-bond donors (Lipinski definition) is 2. The van der Waals surface area contributed by atoms with Gasteiger partial charge in [0.2, 0.25) is 6.10 Å². The Morgan fingerprint density at radius 2 is 1.83 bits per heavy atom. The minimum atomic E-state index is -4.50. The maximum atomic E-state index is 14.3. The van der Waals surface area contributed by atoms with Crippen LogP contribution in [0.5, 0.6) is 5.75 Å². The van der Waals surface area contributed by atoms with Gasteiger partial charge in [-0.05, 0) is 50.5 Å². The van der Waals surface area contributed by atoms with E-state index in [1.165, 1.54) is 29.9 Å². The number of nitrogens with two attached hydrogens (primary N) is 1. The second-order valence-electron chi connectivity index (χ2n) is 11.3. The van der Waals surface area contributed by atoms with Crippen molar-refractivity contribution in [2.75, 3.05) is 12.3 Å². The minimum absolute atomic E-state index is 0.0396. The van der Waals surface area contributed by atoms with Gasteiger partial charge in [-0.25, -0.2) is 20.6 Å². The first-order chi connectivity index (χ1) is 23.0. The molecule has 1 aliphatic heterocycles. The minimum Gasteiger partial charge on any atom is -0.461 e. The number of rotatable bonds is 14. The number of nitrogens with one attached hydrogen (secondary N) is 1. The standard InChI is InChI=1S/C31H37N6O10P/c1-5-24(38)44-27-26(22-15-16-23-29(32)34-18-35-37(22)23)46-31(33-4,28(27)45-25(39)6-2)17-42-48(41,47-21-11-8-7-9-12-21)36-19(3)30(40)43-20-13-10-14-20/h7-9,11-12,15-16,18-20,26-28H,5-6,10,13-14,17H2,1-3H3,(H,36,41)(H2,32,34,35)/t19-,26-,27-,28-,31+,48+/m0/s1. The summed E-state index contributed by atoms with van der Waals surface area (Å²) < 4.78 is 50.7. The zero-order valence-electron chi connectivity index (χ0n) is 26.6. The van der Waals surface area contributed by atoms with Gasteiger partial charge in [0.05, 0.1) is 5.69 Å². The zero-order chi connectivity index (χ0) is 34.5. The molecule has 1 aromatic carbocycles. The molecule has 2 aromatic heterocycles. The summed E-state index contributed by atoms with van der Waals surface area (Å²) in [5.74, 6) is -1.77. The molecule has 1 saturated carbocycles. The predicted octanol–water partition coefficient (Wildman–Crippen LogP) is 3.92. The summed E-state index contributed by atoms with van der Waals surface area (Å²) in [6, 6.07) is 10.1. The Kier molecular flexibility index (Phi) is 10.6. The van der Waals surface area contributed by atoms with E-state index in [2.05, 4.69) is 20.0 Å². The maximum Gasteiger partial charge on any atom is 0.459 e. The molecule has 2 aliphatic rings. The van der Waals surface area contributed by atoms with Gasteiger partial charge < -0.3 is 24.5 Å². The monoisotopic (exact) mass is 684 g/mol. The Morgan fingerprint density at radius 1 is 1.12 bits per heavy atom. The third kappa shape index (κ3) is 7.44. The van der Waals surface area contributed by atoms with Crippen molar-refractivity contribution in [3.05, 3.63) is 65.9 Å². The number of nitrogens with zero attached hydrogens (tertiary/aromatic N) is 4. The lowest BCUT2D eigenvalue weighted by atomic mass is 9.96. The van der Waals surface area contributed by atoms with Crippen LogP contribution in [-0.2, 0) is 42.4 Å². The summed E-state index contributed by atoms with van der Waals surface area (Å²) in [4.78, 5) is 46.0. The molecule has 3 N–H and O–H groups in total. The molecular weight excluding hydrogens is 647 g/mol. The summed E-state index contributed by atoms with van der Waals surface area (Å²) in [6.45, 7) is 12.0. The summed E-state index contributed by atoms with van der Waals surface area (Å²) in [7, 11) is -4.50. The van der Waals surface area contributed by atoms with Crippen molar-refractivity contribution in [1.82, 2.24) is 19.7 Å². The van der Waals surface area contributed by atoms with E-state index in [1.807, 2.05) is 0 Å². The molecule has 1 saturated heterocycles. The summed E-state index contributed by atoms with van der Waals surface area (Å²) in [5, 5.41) is 6.84. The van der Waals surface area contributed by atoms with Crippen LogP contribution in [0.15, 0.2) is 48.8 Å². The molecule has 0 radical (unpaired) electrons. The van der Waals surface area contributed by atoms with Gasteiger partial charge in [0, 0.05) is 12.8 Å². The molecule has 256 valence electrons. The van der Waals surface area contributed by atoms with E-state index in [0.29, 0.717) is 11.2 Å². The lowest BCUT2D eigenvalue weighted by Gasteiger charge is -2.29. The van der Waals surface area contributed by atoms with Crippen molar-refractivity contribution in [2.45, 2.75) is 89.1 Å². The average Bonchev–Trinajstić information content (AvgIpc) is 3.62. The van der Waals surface area contributed by atoms with Crippen molar-refractivity contribution < 1.29 is 46.9 Å². The topological polar surface area (TPSA) is 196 Å². The fraction of sp³-hybridized carbons (Fsp3) is 0.484. The van der Waals surface area contributed by atoms with Crippen molar-refractivity contribution in [3.63, 3.8) is 0 Å². The molecule has 3 heterocycles. The van der Waals surface area contributed by atoms with Crippen LogP contribution in [0.2, 0.25) is 0 Å². The molecule has 0 bridgehead atoms. The number of anilines is 1. The Hall–Kier alpha value is -4.55. The molecule has 16 nitrogen and oxygen atoms in total. The summed E-state index contributed by atoms with van der Waals surface area (Å²) in [6.07, 6.45) is -0.923. The number of fused-ring (bicyclic) bond motifs is 1. The molecule has 5 rings (SSSR count). The van der Waals surface area contributed by atoms with Crippen LogP contribution in [0, 0.1) is 6.57 Å². The van der Waals surface area contributed by atoms with E-state index in [1.54, 1.807) is 44.2 Å². The normalized spacial score (nSPS) is 24.1. The SMILES string of the molecule is [C-]#[N+][C@]1(CO[P@](=O)(N[C@@H](C)C(=O)OC2CCC2)Oc2ccccc2)O[C@@H](c2ccc3c(N)ncnn23)[C@H](OC(=O)CC)[C@@H]1OC(=O)CC. The molecule has 0 amide bonds. The van der Waals surface area contributed by atoms with Crippen LogP contribution >= 0.6 is 7.75 Å². The van der Waals surface area contributed by atoms with E-state index in [4.69, 9.17) is 40.3 Å². The van der Waals surface area contributed by atoms with Gasteiger partial charge in [-0.15, -0.1) is 0 Å². The molecular formula is C31H37N6O10P. The molecule has 6 atom stereocenters. The molecule has 17 heteroatoms. The van der Waals surface area contributed by atoms with Gasteiger partial charge in [-0.3, -0.25) is 28.5 Å². The van der Waals surface area contributed by atoms with Crippen LogP contribution in [0.1, 0.15) is 64.7 Å². The molecule has 48 heavy (non-hydrogen) atoms. The number of nitrogen functional groups attached to an aromatic ring is 1. The number of para-hydroxylation sites is 1. The Balaban J connectivity index is 1.51. The first kappa shape index (κ1) is 34.8. The Labute approximate surface area is 276 Å². The molecule has 3 aromatic rings. The number of benzene rings is 1. The first-order valence-corrected chi connectivity index (χ1v) is 17.1. The Morgan fingerprint density at radius 3 is 2.48 bits per heavy atom. The number of carbonyl (C=O) groups is 3. The lowest BCUT2D eigenvalue weighted by Crippen LogP contribution is -2.48. The fourth-order valence-electron chi connectivity index (χ4n) is 5.10. The van der Waals surface area contributed by atoms with E-state index >= 15 is 0 Å². The quantitative estimate of drug-likeness (QED) is 0.107. The van der Waals surface area contributed by atoms with Gasteiger partial charge >= 0.3 is 31.4 Å². The highest BCUT2D eigenvalue weighted by Gasteiger charge is 2.67. The van der Waals surface area contributed by atoms with E-state index in [-0.39, 0.29) is 30.5 Å². The third-order valence-electron chi connectivity index (χ3n) is 7.92. The number of esters is 3. The number of ether oxygens (including phenoxy) is 4. The van der Waals surface area contributed by atoms with Gasteiger partial charge in [-0.1, -0.05) is 32.0 Å². The maximum absolute atomic E-state index is 14.3. The molecule has 2 fully saturated rings. The molecule has 1 aliphatic carbocycles. The number of aromatic nitrogens is 3. The van der Waals surface area contributed by atoms with Gasteiger partial charge in [0.25, 0.3) is 0 Å². The van der Waals surface area contributed by atoms with Crippen LogP contribution in [0.25, 0.3) is 10.4 Å². The first-order valence-electron chi connectivity index (χ1n) is 15.5. The second kappa shape index (κ2) is 14.7. The van der Waals surface area contributed by atoms with E-state index < -0.39 is 62.3 Å². The smallest absolute Gasteiger partial charge is 0.459 e. The average molecular weight is 685 g/mol. The number of carbonyl (C=O) groups excluding carboxylic acids is 3. The van der Waals surface area contributed by atoms with Crippen molar-refractivity contribution in [1.29, 1.82) is 0 Å². The van der Waals surface area contributed by atoms with Crippen LogP contribution in [0.3, 0.4) is 0 Å². The van der Waals surface area contributed by atoms with Crippen LogP contribution < -0.4 is 15.3 Å². The number of hydrogen-bond acceptors (Lipinski definition) is 13. The summed E-state index contributed by atoms with van der Waals surface area (Å²) >= 11 is 0. The van der Waals surface area contributed by atoms with E-state index in [9.17, 15) is 18.9 Å². The second-order valence-corrected chi connectivity index (χ2v) is 13.0. The van der Waals surface area contributed by atoms with Gasteiger partial charge in [0.1, 0.15) is 35.8 Å². The van der Waals surface area contributed by atoms with Crippen LogP contribution in [0.4, 0.5) is 5.82 Å². The zero-order valence-corrected chi connectivity index (χ0v) is 27.5. The van der Waals surface area contributed by atoms with E-state index in [0.717, 1.165) is 19.3 Å². The van der Waals surface area contributed by atoms with Crippen LogP contribution in [-0.4, -0.2) is 69.2 Å². The van der Waals surface area contributed by atoms with Gasteiger partial charge in [0.15, 0.2) is 18.5 Å². The lowest BCUT2D eigenvalue weighted by molar-refractivity contribution is -0.169. The highest BCUT2D eigenvalue weighted by Crippen LogP contribution is 2.50. The third-order valence-corrected chi connectivity index (χ3v) is 9.54. The largest absolute Gasteiger partial charge is 0.461 e. The van der Waals surface area contributed by atoms with Crippen molar-refractivity contribution in [2.24, 2.45) is 0 Å². The predicted molar refractivity (Wildman–Crippen MR) is 168 cm³/mol. The fourth-order valence-corrected chi connectivity index (χ4v) is 6.61. The molecule has 0 spiro atoms. The highest BCUT2D eigenvalue weighted by molar-refractivity contribution is 7.52. The van der Waals surface area contributed by atoms with Crippen molar-refractivity contribution in [3.8, 4) is 5.75 Å². The molecule has 0 unspecified atom stereocenters. The van der Waals surface area contributed by atoms with Crippen molar-refractivity contribution >= 4 is 37.0 Å². The highest BCUT2D eigenvalue weighted by atomic mass is 31.2. The van der Waals surface area contributed by atoms with Gasteiger partial charge in [-0.2, -0.15) is 10.2 Å². The Bertz CT molecular complexity index is 1730. The summed E-state index contributed by atoms with van der Waals surface area (Å²) in [5.41, 5.74) is 4.50.